The van der Waals surface area contributed by atoms with Crippen LogP contribution in [0.5, 0.6) is 0 Å². The van der Waals surface area contributed by atoms with Crippen LogP contribution in [-0.4, -0.2) is 17.2 Å². The van der Waals surface area contributed by atoms with Gasteiger partial charge in [-0.2, -0.15) is 0 Å². The number of halogens is 9. The van der Waals surface area contributed by atoms with Crippen molar-refractivity contribution in [2.45, 2.75) is 54.3 Å². The highest BCUT2D eigenvalue weighted by Gasteiger charge is 2.47. The Morgan fingerprint density at radius 2 is 0.472 bits per heavy atom. The number of nitrogen functional groups attached to an aromatic ring is 1. The van der Waals surface area contributed by atoms with Crippen LogP contribution in [0.4, 0.5) is 28.4 Å². The highest BCUT2D eigenvalue weighted by Crippen LogP contribution is 2.63. The zero-order chi connectivity index (χ0) is 98.5. The largest absolute Gasteiger partial charge is 0.488 e. The van der Waals surface area contributed by atoms with E-state index in [1.807, 2.05) is 103 Å². The van der Waals surface area contributed by atoms with Crippen LogP contribution in [-0.2, 0) is 0 Å². The average Bonchev–Trinajstić information content (AvgIpc) is 0.709. The molecule has 20 aromatic carbocycles. The monoisotopic (exact) mass is 2220 g/mol. The first kappa shape index (κ1) is 96.0. The first-order valence-corrected chi connectivity index (χ1v) is 53.1. The number of nitrogens with two attached hydrogens (primary N) is 1. The molecule has 12 aliphatic rings. The molecule has 0 spiro atoms. The fraction of sp³-hybridized carbons (Fsp3) is 0.0698. The second-order valence-electron chi connectivity index (χ2n) is 37.0. The number of benzene rings is 20. The Labute approximate surface area is 899 Å². The predicted octanol–water partition coefficient (Wildman–Crippen LogP) is 36.1. The van der Waals surface area contributed by atoms with Gasteiger partial charge in [0.05, 0.1) is 36.5 Å². The Bertz CT molecular complexity index is 7870. The van der Waals surface area contributed by atoms with Crippen LogP contribution in [0.25, 0.3) is 33.4 Å². The van der Waals surface area contributed by atoms with Gasteiger partial charge >= 0.3 is 7.12 Å². The fourth-order valence-electron chi connectivity index (χ4n) is 23.0. The van der Waals surface area contributed by atoms with E-state index in [9.17, 15) is 0 Å². The molecule has 6 N–H and O–H groups in total. The molecule has 15 heteroatoms. The average molecular weight is 2220 g/mol. The van der Waals surface area contributed by atoms with Gasteiger partial charge in [0.2, 0.25) is 0 Å². The maximum Gasteiger partial charge on any atom is 0.488 e. The van der Waals surface area contributed by atoms with Gasteiger partial charge in [-0.25, -0.2) is 0 Å². The Hall–Kier alpha value is -12.8. The third kappa shape index (κ3) is 18.2. The molecule has 0 saturated carbocycles. The van der Waals surface area contributed by atoms with E-state index in [4.69, 9.17) is 73.8 Å². The number of para-hydroxylation sites is 3. The van der Waals surface area contributed by atoms with E-state index in [1.165, 1.54) is 167 Å². The van der Waals surface area contributed by atoms with Crippen LogP contribution in [0.15, 0.2) is 467 Å². The summed E-state index contributed by atoms with van der Waals surface area (Å²) in [6.07, 6.45) is 0. The van der Waals surface area contributed by atoms with Crippen molar-refractivity contribution < 1.29 is 10.0 Å². The van der Waals surface area contributed by atoms with Crippen molar-refractivity contribution in [2.24, 2.45) is 0 Å². The van der Waals surface area contributed by atoms with Crippen LogP contribution in [0.3, 0.4) is 0 Å². The minimum atomic E-state index is -1.44. The topological polar surface area (TPSA) is 90.5 Å². The lowest BCUT2D eigenvalue weighted by atomic mass is 9.60. The molecule has 0 fully saturated rings. The van der Waals surface area contributed by atoms with Crippen LogP contribution in [0, 0.1) is 6.92 Å². The van der Waals surface area contributed by atoms with Gasteiger partial charge in [-0.15, -0.1) is 0 Å². The number of rotatable bonds is 8. The summed E-state index contributed by atoms with van der Waals surface area (Å²) in [6.45, 7) is 2.25. The Morgan fingerprint density at radius 3 is 0.757 bits per heavy atom. The lowest BCUT2D eigenvalue weighted by Crippen LogP contribution is -2.29. The van der Waals surface area contributed by atoms with E-state index in [0.717, 1.165) is 61.9 Å². The first-order valence-electron chi connectivity index (χ1n) is 48.0. The summed E-state index contributed by atoms with van der Waals surface area (Å²) in [5.41, 5.74) is 54.3. The molecule has 0 aliphatic heterocycles. The molecule has 700 valence electrons. The van der Waals surface area contributed by atoms with Gasteiger partial charge in [0.15, 0.2) is 0 Å². The zero-order valence-electron chi connectivity index (χ0n) is 77.8. The Morgan fingerprint density at radius 1 is 0.229 bits per heavy atom. The number of anilines is 5. The number of hydrogen-bond donors (Lipinski definition) is 5. The maximum absolute atomic E-state index is 8.73. The highest BCUT2D eigenvalue weighted by atomic mass is 79.9. The number of hydrogen-bond acceptors (Lipinski definition) is 5. The second kappa shape index (κ2) is 41.7. The van der Waals surface area contributed by atoms with Crippen molar-refractivity contribution in [1.82, 2.24) is 0 Å². The van der Waals surface area contributed by atoms with E-state index in [0.29, 0.717) is 32.7 Å². The minimum Gasteiger partial charge on any atom is -0.423 e. The van der Waals surface area contributed by atoms with E-state index in [2.05, 4.69) is 409 Å². The summed E-state index contributed by atoms with van der Waals surface area (Å²) in [5.74, 6) is 2.45. The highest BCUT2D eigenvalue weighted by molar-refractivity contribution is 9.11. The van der Waals surface area contributed by atoms with Crippen molar-refractivity contribution in [1.29, 1.82) is 0 Å². The molecule has 32 rings (SSSR count). The smallest absolute Gasteiger partial charge is 0.423 e. The van der Waals surface area contributed by atoms with Gasteiger partial charge in [0, 0.05) is 82.3 Å². The quantitative estimate of drug-likeness (QED) is 0.0594. The Balaban J connectivity index is 0.000000102. The summed E-state index contributed by atoms with van der Waals surface area (Å²) in [7, 11) is -1.44. The maximum atomic E-state index is 8.73. The molecule has 144 heavy (non-hydrogen) atoms. The van der Waals surface area contributed by atoms with E-state index >= 15 is 0 Å². The van der Waals surface area contributed by atoms with E-state index < -0.39 is 7.12 Å². The number of aryl methyl sites for hydroxylation is 1. The molecule has 8 bridgehead atoms. The molecule has 0 unspecified atom stereocenters. The lowest BCUT2D eigenvalue weighted by molar-refractivity contribution is 0.425. The van der Waals surface area contributed by atoms with Gasteiger partial charge in [-0.05, 0) is 346 Å². The van der Waals surface area contributed by atoms with Crippen molar-refractivity contribution >= 4 is 163 Å². The van der Waals surface area contributed by atoms with Crippen LogP contribution in [0.1, 0.15) is 186 Å². The first-order chi connectivity index (χ1) is 70.4. The second-order valence-corrected chi connectivity index (χ2v) is 42.4. The van der Waals surface area contributed by atoms with Crippen LogP contribution >= 0.6 is 122 Å². The SMILES string of the molecule is Cc1cccc2c1C1c3ccccc3C2c2ccccc21.Clc1c(Br)cccc1Br.Clc1ccc(-c2cccc3c2C2c4ccccc4C3c3ccccc32)cc1Br.Clc1ccc(-c2cccc3c2C2c4ccccc4C3c3ccccc32)cc1Nc1ccccc1.Clc1ccc(-c2cccc3c2C2c4ccccc4C3c3ccccc32)cc1Nc1ccccc1.Nc1ccccc1.OB(O)c1ccc(Cl)c(Br)c1. The van der Waals surface area contributed by atoms with Crippen molar-refractivity contribution in [2.75, 3.05) is 16.4 Å². The van der Waals surface area contributed by atoms with Gasteiger partial charge < -0.3 is 26.4 Å². The summed E-state index contributed by atoms with van der Waals surface area (Å²) in [5, 5.41) is 27.9. The molecule has 5 nitrogen and oxygen atoms in total. The van der Waals surface area contributed by atoms with Gasteiger partial charge in [-0.3, -0.25) is 0 Å². The third-order valence-electron chi connectivity index (χ3n) is 29.0. The summed E-state index contributed by atoms with van der Waals surface area (Å²) >= 11 is 44.3. The van der Waals surface area contributed by atoms with Crippen molar-refractivity contribution in [3.8, 4) is 33.4 Å². The van der Waals surface area contributed by atoms with Crippen LogP contribution < -0.4 is 21.8 Å². The van der Waals surface area contributed by atoms with Crippen LogP contribution in [0.2, 0.25) is 25.1 Å². The third-order valence-corrected chi connectivity index (χ3v) is 34.2. The molecule has 0 atom stereocenters. The van der Waals surface area contributed by atoms with E-state index in [1.54, 1.807) is 23.8 Å². The fourth-order valence-corrected chi connectivity index (χ4v) is 25.5. The predicted molar refractivity (Wildman–Crippen MR) is 615 cm³/mol. The standard InChI is InChI=1S/2C32H22ClN.C26H16BrCl.C21H16.C6H5BBrClO2.C6H3Br2Cl.C6H7N/c2*33-28-18-17-20(19-29(28)34-21-9-2-1-3-10-21)22-15-8-16-27-30-23-11-4-6-13-25(23)32(31(22)27)26-14-7-5-12-24(26)30;27-22-14-15(12-13-23(22)28)16-10-5-11-21-24-17-6-1-3-8-19(17)26(25(16)21)20-9-4-2-7-18(20)24;1-13-7-6-12-18-19(13)21-16-10-4-2-8-14(16)20(18)15-9-3-5-11-17(15)21;8-5-3-4(7(10)11)1-2-6(5)9;7-4-2-1-3-5(8)6(4)9;7-6-4-2-1-3-5-6/h2*1-19,30,32,34H;1-14,24,26H;2-12,20-21H,1H3;1-3,10-11H;1-3H;1-5H,7H2. The van der Waals surface area contributed by atoms with E-state index in [-0.39, 0.29) is 29.6 Å². The van der Waals surface area contributed by atoms with Gasteiger partial charge in [0.1, 0.15) is 0 Å². The molecule has 0 radical (unpaired) electrons. The van der Waals surface area contributed by atoms with Crippen molar-refractivity contribution in [3.63, 3.8) is 0 Å². The molecule has 12 aliphatic carbocycles. The number of nitrogens with one attached hydrogen (secondary N) is 2. The summed E-state index contributed by atoms with van der Waals surface area (Å²) < 4.78 is 3.42. The lowest BCUT2D eigenvalue weighted by Gasteiger charge is -2.43. The molecule has 20 aromatic rings. The molecule has 0 amide bonds. The summed E-state index contributed by atoms with van der Waals surface area (Å²) in [4.78, 5) is 0. The normalized spacial score (nSPS) is 16.4. The van der Waals surface area contributed by atoms with Gasteiger partial charge in [0.25, 0.3) is 0 Å². The molecule has 0 heterocycles. The Kier molecular flexibility index (Phi) is 27.8. The molecule has 0 aromatic heterocycles. The van der Waals surface area contributed by atoms with Crippen molar-refractivity contribution in [3.05, 3.63) is 631 Å². The summed E-state index contributed by atoms with van der Waals surface area (Å²) in [6, 6.07) is 158. The van der Waals surface area contributed by atoms with Gasteiger partial charge in [-0.1, -0.05) is 410 Å². The molecule has 0 saturated heterocycles. The molecular weight excluding hydrogens is 2130 g/mol. The molecular formula is C129H91BBr4Cl5N3O2. The zero-order valence-corrected chi connectivity index (χ0v) is 87.9. The minimum absolute atomic E-state index is 0.241.